The van der Waals surface area contributed by atoms with Gasteiger partial charge < -0.3 is 19.7 Å². The zero-order valence-electron chi connectivity index (χ0n) is 19.5. The third kappa shape index (κ3) is 16.5. The number of hydrogen-bond acceptors (Lipinski definition) is 4. The van der Waals surface area contributed by atoms with E-state index in [1.54, 1.807) is 0 Å². The van der Waals surface area contributed by atoms with Crippen molar-refractivity contribution in [3.8, 4) is 0 Å². The summed E-state index contributed by atoms with van der Waals surface area (Å²) in [5.74, 6) is -2.78. The van der Waals surface area contributed by atoms with Crippen LogP contribution in [-0.4, -0.2) is 21.9 Å². The third-order valence-corrected chi connectivity index (χ3v) is 8.14. The topological polar surface area (TPSA) is 80.6 Å². The minimum atomic E-state index is -4.16. The lowest BCUT2D eigenvalue weighted by Crippen LogP contribution is -2.26. The van der Waals surface area contributed by atoms with E-state index < -0.39 is 19.1 Å². The smallest absolute Gasteiger partial charge is 0.0965 e. The van der Waals surface area contributed by atoms with E-state index >= 15 is 0 Å². The van der Waals surface area contributed by atoms with E-state index in [-0.39, 0.29) is 12.8 Å². The van der Waals surface area contributed by atoms with Crippen LogP contribution >= 0.6 is 7.37 Å². The van der Waals surface area contributed by atoms with Crippen LogP contribution in [0.5, 0.6) is 0 Å². The summed E-state index contributed by atoms with van der Waals surface area (Å²) in [7, 11) is -4.16. The fourth-order valence-corrected chi connectivity index (χ4v) is 5.32. The summed E-state index contributed by atoms with van der Waals surface area (Å²) < 4.78 is 12.3. The molecule has 2 unspecified atom stereocenters. The van der Waals surface area contributed by atoms with E-state index in [1.165, 1.54) is 77.0 Å². The predicted octanol–water partition coefficient (Wildman–Crippen LogP) is 7.10. The van der Waals surface area contributed by atoms with Crippen molar-refractivity contribution in [1.29, 1.82) is 0 Å². The first-order valence-corrected chi connectivity index (χ1v) is 14.4. The summed E-state index contributed by atoms with van der Waals surface area (Å²) in [4.78, 5) is 12.3. The molecule has 0 aromatic rings. The lowest BCUT2D eigenvalue weighted by molar-refractivity contribution is -0.192. The minimum absolute atomic E-state index is 0.255. The standard InChI is InChI=1S/C24H51O4P/c1-3-5-7-9-11-13-15-17-19-21-23(25)29(27,28)24(26)22-20-18-16-14-12-10-8-6-4-2/h23-26H,3-22H2,1-2H3,(H,27,28)/p-1. The normalized spacial score (nSPS) is 15.9. The van der Waals surface area contributed by atoms with Crippen molar-refractivity contribution in [1.82, 2.24) is 0 Å². The van der Waals surface area contributed by atoms with Gasteiger partial charge in [-0.3, -0.25) is 0 Å². The molecule has 0 bridgehead atoms. The Morgan fingerprint density at radius 3 is 1.07 bits per heavy atom. The van der Waals surface area contributed by atoms with Crippen LogP contribution in [0.25, 0.3) is 0 Å². The summed E-state index contributed by atoms with van der Waals surface area (Å²) in [6.45, 7) is 4.43. The zero-order valence-corrected chi connectivity index (χ0v) is 20.3. The first-order chi connectivity index (χ1) is 14.0. The molecule has 0 aromatic carbocycles. The Morgan fingerprint density at radius 1 is 0.552 bits per heavy atom. The molecule has 0 aliphatic rings. The molecule has 0 rings (SSSR count). The number of aliphatic hydroxyl groups is 2. The van der Waals surface area contributed by atoms with Gasteiger partial charge in [0.15, 0.2) is 0 Å². The fraction of sp³-hybridized carbons (Fsp3) is 1.00. The second kappa shape index (κ2) is 20.0. The molecular formula is C24H50O4P-. The van der Waals surface area contributed by atoms with Gasteiger partial charge in [-0.15, -0.1) is 0 Å². The number of hydrogen-bond donors (Lipinski definition) is 2. The van der Waals surface area contributed by atoms with Crippen molar-refractivity contribution in [3.63, 3.8) is 0 Å². The maximum Gasteiger partial charge on any atom is 0.0965 e. The molecule has 0 saturated heterocycles. The molecule has 4 nitrogen and oxygen atoms in total. The predicted molar refractivity (Wildman–Crippen MR) is 123 cm³/mol. The van der Waals surface area contributed by atoms with Crippen LogP contribution in [0.15, 0.2) is 0 Å². The molecular weight excluding hydrogens is 383 g/mol. The zero-order chi connectivity index (χ0) is 21.8. The lowest BCUT2D eigenvalue weighted by atomic mass is 10.1. The molecule has 0 aliphatic carbocycles. The summed E-state index contributed by atoms with van der Waals surface area (Å²) >= 11 is 0. The highest BCUT2D eigenvalue weighted by atomic mass is 31.2. The maximum absolute atomic E-state index is 12.3. The van der Waals surface area contributed by atoms with Gasteiger partial charge in [0, 0.05) is 0 Å². The summed E-state index contributed by atoms with van der Waals surface area (Å²) in [6.07, 6.45) is 21.3. The third-order valence-electron chi connectivity index (χ3n) is 5.96. The van der Waals surface area contributed by atoms with Gasteiger partial charge in [-0.05, 0) is 12.8 Å². The Balaban J connectivity index is 3.71. The van der Waals surface area contributed by atoms with Crippen LogP contribution in [0.4, 0.5) is 0 Å². The van der Waals surface area contributed by atoms with Crippen molar-refractivity contribution >= 4 is 7.37 Å². The van der Waals surface area contributed by atoms with Crippen LogP contribution in [0.3, 0.4) is 0 Å². The molecule has 0 radical (unpaired) electrons. The quantitative estimate of drug-likeness (QED) is 0.141. The molecule has 0 amide bonds. The van der Waals surface area contributed by atoms with Gasteiger partial charge in [-0.25, -0.2) is 0 Å². The van der Waals surface area contributed by atoms with Gasteiger partial charge in [0.2, 0.25) is 0 Å². The molecule has 0 saturated carbocycles. The molecule has 0 heterocycles. The number of unbranched alkanes of at least 4 members (excludes halogenated alkanes) is 16. The van der Waals surface area contributed by atoms with Gasteiger partial charge in [0.25, 0.3) is 0 Å². The monoisotopic (exact) mass is 433 g/mol. The van der Waals surface area contributed by atoms with Crippen molar-refractivity contribution < 1.29 is 19.7 Å². The van der Waals surface area contributed by atoms with Crippen LogP contribution in [-0.2, 0) is 4.57 Å². The van der Waals surface area contributed by atoms with Crippen molar-refractivity contribution in [3.05, 3.63) is 0 Å². The molecule has 2 N–H and O–H groups in total. The molecule has 2 atom stereocenters. The Kier molecular flexibility index (Phi) is 20.1. The summed E-state index contributed by atoms with van der Waals surface area (Å²) in [5.41, 5.74) is 0. The first-order valence-electron chi connectivity index (χ1n) is 12.6. The Hall–Kier alpha value is 0.110. The molecule has 176 valence electrons. The minimum Gasteiger partial charge on any atom is -0.796 e. The van der Waals surface area contributed by atoms with Gasteiger partial charge >= 0.3 is 0 Å². The average molecular weight is 434 g/mol. The summed E-state index contributed by atoms with van der Waals surface area (Å²) in [5, 5.41) is 20.1. The van der Waals surface area contributed by atoms with Crippen molar-refractivity contribution in [2.24, 2.45) is 0 Å². The van der Waals surface area contributed by atoms with Crippen LogP contribution in [0.1, 0.15) is 142 Å². The maximum atomic E-state index is 12.3. The molecule has 0 aromatic heterocycles. The summed E-state index contributed by atoms with van der Waals surface area (Å²) in [6, 6.07) is 0. The number of aliphatic hydroxyl groups excluding tert-OH is 2. The van der Waals surface area contributed by atoms with E-state index in [9.17, 15) is 19.7 Å². The van der Waals surface area contributed by atoms with Crippen LogP contribution in [0, 0.1) is 0 Å². The molecule has 0 fully saturated rings. The van der Waals surface area contributed by atoms with E-state index in [0.29, 0.717) is 12.8 Å². The first kappa shape index (κ1) is 29.1. The van der Waals surface area contributed by atoms with Crippen molar-refractivity contribution in [2.45, 2.75) is 154 Å². The molecule has 0 spiro atoms. The van der Waals surface area contributed by atoms with Gasteiger partial charge in [0.1, 0.15) is 0 Å². The highest BCUT2D eigenvalue weighted by Crippen LogP contribution is 2.48. The van der Waals surface area contributed by atoms with Gasteiger partial charge in [-0.2, -0.15) is 0 Å². The lowest BCUT2D eigenvalue weighted by Gasteiger charge is -2.33. The van der Waals surface area contributed by atoms with Crippen LogP contribution in [0.2, 0.25) is 0 Å². The fourth-order valence-electron chi connectivity index (χ4n) is 3.83. The van der Waals surface area contributed by atoms with E-state index in [1.807, 2.05) is 0 Å². The molecule has 0 aliphatic heterocycles. The Morgan fingerprint density at radius 2 is 0.793 bits per heavy atom. The largest absolute Gasteiger partial charge is 0.796 e. The van der Waals surface area contributed by atoms with Crippen molar-refractivity contribution in [2.75, 3.05) is 0 Å². The molecule has 29 heavy (non-hydrogen) atoms. The Bertz CT molecular complexity index is 357. The average Bonchev–Trinajstić information content (AvgIpc) is 2.70. The SMILES string of the molecule is CCCCCCCCCCCC(O)P(=O)([O-])C(O)CCCCCCCCCCC. The Labute approximate surface area is 181 Å². The van der Waals surface area contributed by atoms with Gasteiger partial charge in [-0.1, -0.05) is 129 Å². The highest BCUT2D eigenvalue weighted by molar-refractivity contribution is 7.57. The van der Waals surface area contributed by atoms with E-state index in [0.717, 1.165) is 25.7 Å². The van der Waals surface area contributed by atoms with E-state index in [2.05, 4.69) is 13.8 Å². The number of rotatable bonds is 22. The second-order valence-electron chi connectivity index (χ2n) is 8.84. The van der Waals surface area contributed by atoms with Gasteiger partial charge in [0.05, 0.1) is 19.1 Å². The van der Waals surface area contributed by atoms with Crippen LogP contribution < -0.4 is 4.89 Å². The molecule has 5 heteroatoms. The van der Waals surface area contributed by atoms with E-state index in [4.69, 9.17) is 0 Å². The second-order valence-corrected chi connectivity index (χ2v) is 11.3. The highest BCUT2D eigenvalue weighted by Gasteiger charge is 2.27.